The number of rotatable bonds is 6. The monoisotopic (exact) mass is 327 g/mol. The lowest BCUT2D eigenvalue weighted by Gasteiger charge is -2.28. The molecule has 2 aromatic carbocycles. The number of halogens is 1. The standard InChI is InChI=1S/C20H22FNO2/c21-17-8-10-18(11-9-17)24-15-14-22-19(23)20(12-4-5-13-20)16-6-2-1-3-7-16/h1-3,6-11H,4-5,12-15H2,(H,22,23). The van der Waals surface area contributed by atoms with E-state index in [-0.39, 0.29) is 11.7 Å². The fraction of sp³-hybridized carbons (Fsp3) is 0.350. The fourth-order valence-corrected chi connectivity index (χ4v) is 3.42. The van der Waals surface area contributed by atoms with Gasteiger partial charge in [-0.25, -0.2) is 4.39 Å². The minimum absolute atomic E-state index is 0.0777. The van der Waals surface area contributed by atoms with Gasteiger partial charge in [0.05, 0.1) is 12.0 Å². The molecular formula is C20H22FNO2. The van der Waals surface area contributed by atoms with Gasteiger partial charge in [0.1, 0.15) is 18.2 Å². The molecule has 0 unspecified atom stereocenters. The molecule has 0 atom stereocenters. The summed E-state index contributed by atoms with van der Waals surface area (Å²) in [5.74, 6) is 0.389. The molecule has 1 aliphatic carbocycles. The summed E-state index contributed by atoms with van der Waals surface area (Å²) < 4.78 is 18.4. The Morgan fingerprint density at radius 3 is 2.38 bits per heavy atom. The molecule has 4 heteroatoms. The highest BCUT2D eigenvalue weighted by Crippen LogP contribution is 2.41. The maximum atomic E-state index is 12.8. The number of carbonyl (C=O) groups excluding carboxylic acids is 1. The summed E-state index contributed by atoms with van der Waals surface area (Å²) in [6, 6.07) is 15.9. The summed E-state index contributed by atoms with van der Waals surface area (Å²) in [6.45, 7) is 0.799. The van der Waals surface area contributed by atoms with Crippen molar-refractivity contribution in [1.29, 1.82) is 0 Å². The topological polar surface area (TPSA) is 38.3 Å². The highest BCUT2D eigenvalue weighted by molar-refractivity contribution is 5.88. The van der Waals surface area contributed by atoms with E-state index >= 15 is 0 Å². The van der Waals surface area contributed by atoms with Gasteiger partial charge in [0, 0.05) is 0 Å². The van der Waals surface area contributed by atoms with Crippen LogP contribution in [0.5, 0.6) is 5.75 Å². The zero-order valence-electron chi connectivity index (χ0n) is 13.6. The molecule has 126 valence electrons. The summed E-state index contributed by atoms with van der Waals surface area (Å²) >= 11 is 0. The molecule has 0 radical (unpaired) electrons. The van der Waals surface area contributed by atoms with Gasteiger partial charge in [0.25, 0.3) is 0 Å². The first-order valence-corrected chi connectivity index (χ1v) is 8.43. The minimum atomic E-state index is -0.406. The van der Waals surface area contributed by atoms with Crippen LogP contribution in [0.3, 0.4) is 0 Å². The first-order chi connectivity index (χ1) is 11.7. The molecule has 2 aromatic rings. The highest BCUT2D eigenvalue weighted by atomic mass is 19.1. The van der Waals surface area contributed by atoms with Crippen molar-refractivity contribution >= 4 is 5.91 Å². The second kappa shape index (κ2) is 7.47. The van der Waals surface area contributed by atoms with Crippen LogP contribution in [0.15, 0.2) is 54.6 Å². The van der Waals surface area contributed by atoms with Crippen LogP contribution in [-0.2, 0) is 10.2 Å². The maximum absolute atomic E-state index is 12.8. The quantitative estimate of drug-likeness (QED) is 0.819. The van der Waals surface area contributed by atoms with Crippen molar-refractivity contribution in [3.63, 3.8) is 0 Å². The van der Waals surface area contributed by atoms with Crippen LogP contribution in [0, 0.1) is 5.82 Å². The van der Waals surface area contributed by atoms with E-state index in [1.807, 2.05) is 30.3 Å². The number of nitrogens with one attached hydrogen (secondary N) is 1. The molecule has 1 saturated carbocycles. The van der Waals surface area contributed by atoms with Crippen LogP contribution in [0.1, 0.15) is 31.2 Å². The summed E-state index contributed by atoms with van der Waals surface area (Å²) in [6.07, 6.45) is 3.94. The highest BCUT2D eigenvalue weighted by Gasteiger charge is 2.42. The number of benzene rings is 2. The Bertz CT molecular complexity index is 664. The largest absolute Gasteiger partial charge is 0.492 e. The summed E-state index contributed by atoms with van der Waals surface area (Å²) in [4.78, 5) is 12.8. The van der Waals surface area contributed by atoms with Gasteiger partial charge in [-0.15, -0.1) is 0 Å². The lowest BCUT2D eigenvalue weighted by atomic mass is 9.78. The second-order valence-corrected chi connectivity index (χ2v) is 6.21. The second-order valence-electron chi connectivity index (χ2n) is 6.21. The van der Waals surface area contributed by atoms with E-state index in [0.717, 1.165) is 31.2 Å². The summed E-state index contributed by atoms with van der Waals surface area (Å²) in [5, 5.41) is 3.01. The van der Waals surface area contributed by atoms with Gasteiger partial charge >= 0.3 is 0 Å². The third-order valence-electron chi connectivity index (χ3n) is 4.69. The van der Waals surface area contributed by atoms with Crippen LogP contribution < -0.4 is 10.1 Å². The average Bonchev–Trinajstić information content (AvgIpc) is 3.12. The SMILES string of the molecule is O=C(NCCOc1ccc(F)cc1)C1(c2ccccc2)CCCC1. The van der Waals surface area contributed by atoms with Crippen LogP contribution in [-0.4, -0.2) is 19.1 Å². The molecule has 1 N–H and O–H groups in total. The molecule has 0 spiro atoms. The van der Waals surface area contributed by atoms with Crippen molar-refractivity contribution in [3.8, 4) is 5.75 Å². The van der Waals surface area contributed by atoms with E-state index in [0.29, 0.717) is 18.9 Å². The van der Waals surface area contributed by atoms with E-state index in [9.17, 15) is 9.18 Å². The molecule has 24 heavy (non-hydrogen) atoms. The number of carbonyl (C=O) groups is 1. The van der Waals surface area contributed by atoms with Crippen molar-refractivity contribution in [2.24, 2.45) is 0 Å². The Morgan fingerprint density at radius 2 is 1.71 bits per heavy atom. The van der Waals surface area contributed by atoms with Crippen LogP contribution >= 0.6 is 0 Å². The molecule has 0 saturated heterocycles. The van der Waals surface area contributed by atoms with Gasteiger partial charge < -0.3 is 10.1 Å². The molecule has 0 aromatic heterocycles. The minimum Gasteiger partial charge on any atom is -0.492 e. The number of hydrogen-bond donors (Lipinski definition) is 1. The molecule has 0 bridgehead atoms. The van der Waals surface area contributed by atoms with Crippen molar-refractivity contribution in [3.05, 3.63) is 66.0 Å². The molecule has 1 aliphatic rings. The first kappa shape index (κ1) is 16.5. The first-order valence-electron chi connectivity index (χ1n) is 8.43. The van der Waals surface area contributed by atoms with Gasteiger partial charge in [0.2, 0.25) is 5.91 Å². The third-order valence-corrected chi connectivity index (χ3v) is 4.69. The molecule has 3 rings (SSSR count). The van der Waals surface area contributed by atoms with Crippen LogP contribution in [0.4, 0.5) is 4.39 Å². The van der Waals surface area contributed by atoms with Crippen molar-refractivity contribution in [2.75, 3.05) is 13.2 Å². The summed E-state index contributed by atoms with van der Waals surface area (Å²) in [5.41, 5.74) is 0.691. The van der Waals surface area contributed by atoms with E-state index in [4.69, 9.17) is 4.74 Å². The van der Waals surface area contributed by atoms with Crippen LogP contribution in [0.25, 0.3) is 0 Å². The predicted molar refractivity (Wildman–Crippen MR) is 91.5 cm³/mol. The van der Waals surface area contributed by atoms with Crippen molar-refractivity contribution in [2.45, 2.75) is 31.1 Å². The van der Waals surface area contributed by atoms with E-state index in [1.165, 1.54) is 12.1 Å². The molecular weight excluding hydrogens is 305 g/mol. The number of ether oxygens (including phenoxy) is 1. The lowest BCUT2D eigenvalue weighted by Crippen LogP contribution is -2.43. The number of amides is 1. The number of hydrogen-bond acceptors (Lipinski definition) is 2. The smallest absolute Gasteiger partial charge is 0.230 e. The third kappa shape index (κ3) is 3.58. The zero-order valence-corrected chi connectivity index (χ0v) is 13.6. The van der Waals surface area contributed by atoms with Gasteiger partial charge in [-0.05, 0) is 42.7 Å². The van der Waals surface area contributed by atoms with Gasteiger partial charge in [-0.1, -0.05) is 43.2 Å². The maximum Gasteiger partial charge on any atom is 0.230 e. The Kier molecular flexibility index (Phi) is 5.14. The van der Waals surface area contributed by atoms with E-state index in [1.54, 1.807) is 12.1 Å². The summed E-state index contributed by atoms with van der Waals surface area (Å²) in [7, 11) is 0. The van der Waals surface area contributed by atoms with E-state index in [2.05, 4.69) is 5.32 Å². The Morgan fingerprint density at radius 1 is 1.04 bits per heavy atom. The zero-order chi connectivity index (χ0) is 16.8. The van der Waals surface area contributed by atoms with Gasteiger partial charge in [-0.2, -0.15) is 0 Å². The van der Waals surface area contributed by atoms with Crippen molar-refractivity contribution in [1.82, 2.24) is 5.32 Å². The Hall–Kier alpha value is -2.36. The molecule has 0 heterocycles. The lowest BCUT2D eigenvalue weighted by molar-refractivity contribution is -0.126. The predicted octanol–water partition coefficient (Wildman–Crippen LogP) is 3.83. The normalized spacial score (nSPS) is 15.9. The van der Waals surface area contributed by atoms with Gasteiger partial charge in [0.15, 0.2) is 0 Å². The fourth-order valence-electron chi connectivity index (χ4n) is 3.42. The molecule has 1 fully saturated rings. The molecule has 1 amide bonds. The molecule has 3 nitrogen and oxygen atoms in total. The van der Waals surface area contributed by atoms with E-state index < -0.39 is 5.41 Å². The van der Waals surface area contributed by atoms with Crippen molar-refractivity contribution < 1.29 is 13.9 Å². The average molecular weight is 327 g/mol. The Labute approximate surface area is 141 Å². The van der Waals surface area contributed by atoms with Gasteiger partial charge in [-0.3, -0.25) is 4.79 Å². The van der Waals surface area contributed by atoms with Crippen LogP contribution in [0.2, 0.25) is 0 Å². The molecule has 0 aliphatic heterocycles. The Balaban J connectivity index is 1.56.